The maximum absolute atomic E-state index is 12.7. The molecular formula is C14H7F6N. The highest BCUT2D eigenvalue weighted by atomic mass is 19.4. The molecule has 0 aliphatic carbocycles. The summed E-state index contributed by atoms with van der Waals surface area (Å²) in [5, 5.41) is 0.233. The van der Waals surface area contributed by atoms with Crippen LogP contribution in [-0.4, -0.2) is 4.98 Å². The largest absolute Gasteiger partial charge is 0.416 e. The van der Waals surface area contributed by atoms with Crippen molar-refractivity contribution in [2.24, 2.45) is 0 Å². The predicted molar refractivity (Wildman–Crippen MR) is 65.8 cm³/mol. The minimum absolute atomic E-state index is 0.117. The van der Waals surface area contributed by atoms with E-state index in [-0.39, 0.29) is 10.8 Å². The molecule has 1 nitrogen and oxygen atoms in total. The number of benzene rings is 2. The van der Waals surface area contributed by atoms with Gasteiger partial charge in [-0.15, -0.1) is 0 Å². The molecule has 0 unspecified atom stereocenters. The Bertz CT molecular complexity index is 757. The normalized spacial score (nSPS) is 13.2. The first-order valence-corrected chi connectivity index (χ1v) is 5.86. The van der Waals surface area contributed by atoms with Crippen molar-refractivity contribution >= 4 is 21.8 Å². The van der Waals surface area contributed by atoms with E-state index in [4.69, 9.17) is 0 Å². The van der Waals surface area contributed by atoms with E-state index < -0.39 is 23.5 Å². The lowest BCUT2D eigenvalue weighted by atomic mass is 10.1. The van der Waals surface area contributed by atoms with Gasteiger partial charge in [0.05, 0.1) is 11.1 Å². The fourth-order valence-corrected chi connectivity index (χ4v) is 2.25. The Morgan fingerprint density at radius 1 is 0.619 bits per heavy atom. The molecule has 0 radical (unpaired) electrons. The topological polar surface area (TPSA) is 15.8 Å². The van der Waals surface area contributed by atoms with Crippen LogP contribution in [0.15, 0.2) is 36.4 Å². The third kappa shape index (κ3) is 2.32. The average Bonchev–Trinajstić information content (AvgIpc) is 2.73. The Hall–Kier alpha value is -2.18. The summed E-state index contributed by atoms with van der Waals surface area (Å²) in [6.45, 7) is 0. The Labute approximate surface area is 114 Å². The van der Waals surface area contributed by atoms with Gasteiger partial charge in [0, 0.05) is 21.8 Å². The Morgan fingerprint density at radius 2 is 1.00 bits per heavy atom. The second-order valence-corrected chi connectivity index (χ2v) is 4.64. The number of rotatable bonds is 0. The molecule has 0 aliphatic heterocycles. The first-order chi connectivity index (χ1) is 9.66. The summed E-state index contributed by atoms with van der Waals surface area (Å²) in [5.74, 6) is 0. The van der Waals surface area contributed by atoms with Crippen LogP contribution in [0.1, 0.15) is 11.1 Å². The van der Waals surface area contributed by atoms with E-state index in [0.29, 0.717) is 11.0 Å². The molecule has 0 spiro atoms. The number of aromatic amines is 1. The van der Waals surface area contributed by atoms with Crippen molar-refractivity contribution in [3.05, 3.63) is 47.5 Å². The number of H-pyrrole nitrogens is 1. The predicted octanol–water partition coefficient (Wildman–Crippen LogP) is 5.36. The molecule has 1 heterocycles. The van der Waals surface area contributed by atoms with E-state index >= 15 is 0 Å². The van der Waals surface area contributed by atoms with Crippen LogP contribution in [-0.2, 0) is 12.4 Å². The molecule has 0 bridgehead atoms. The van der Waals surface area contributed by atoms with Crippen LogP contribution >= 0.6 is 0 Å². The summed E-state index contributed by atoms with van der Waals surface area (Å²) in [7, 11) is 0. The lowest BCUT2D eigenvalue weighted by Crippen LogP contribution is -2.04. The van der Waals surface area contributed by atoms with Crippen LogP contribution in [0.2, 0.25) is 0 Å². The van der Waals surface area contributed by atoms with Gasteiger partial charge in [-0.05, 0) is 36.4 Å². The highest BCUT2D eigenvalue weighted by molar-refractivity contribution is 6.07. The molecule has 0 saturated carbocycles. The summed E-state index contributed by atoms with van der Waals surface area (Å²) in [5.41, 5.74) is -1.07. The molecule has 3 aromatic rings. The molecule has 0 fully saturated rings. The van der Waals surface area contributed by atoms with Gasteiger partial charge in [0.25, 0.3) is 0 Å². The van der Waals surface area contributed by atoms with E-state index in [0.717, 1.165) is 24.3 Å². The van der Waals surface area contributed by atoms with Gasteiger partial charge in [-0.3, -0.25) is 0 Å². The van der Waals surface area contributed by atoms with Crippen molar-refractivity contribution in [3.8, 4) is 0 Å². The first-order valence-electron chi connectivity index (χ1n) is 5.86. The highest BCUT2D eigenvalue weighted by Crippen LogP contribution is 2.36. The zero-order valence-electron chi connectivity index (χ0n) is 10.2. The van der Waals surface area contributed by atoms with Gasteiger partial charge in [0.1, 0.15) is 0 Å². The molecule has 1 N–H and O–H groups in total. The van der Waals surface area contributed by atoms with Gasteiger partial charge in [-0.1, -0.05) is 0 Å². The second-order valence-electron chi connectivity index (χ2n) is 4.64. The van der Waals surface area contributed by atoms with Crippen LogP contribution < -0.4 is 0 Å². The highest BCUT2D eigenvalue weighted by Gasteiger charge is 2.32. The van der Waals surface area contributed by atoms with E-state index in [1.165, 1.54) is 12.1 Å². The van der Waals surface area contributed by atoms with Crippen LogP contribution in [0.4, 0.5) is 26.3 Å². The fraction of sp³-hybridized carbons (Fsp3) is 0.143. The summed E-state index contributed by atoms with van der Waals surface area (Å²) < 4.78 is 76.2. The average molecular weight is 303 g/mol. The quantitative estimate of drug-likeness (QED) is 0.538. The van der Waals surface area contributed by atoms with E-state index in [1.807, 2.05) is 0 Å². The van der Waals surface area contributed by atoms with Crippen LogP contribution in [0.5, 0.6) is 0 Å². The second kappa shape index (κ2) is 4.16. The molecule has 0 atom stereocenters. The van der Waals surface area contributed by atoms with E-state index in [1.54, 1.807) is 0 Å². The lowest BCUT2D eigenvalue weighted by Gasteiger charge is -2.07. The lowest BCUT2D eigenvalue weighted by molar-refractivity contribution is -0.138. The van der Waals surface area contributed by atoms with Gasteiger partial charge < -0.3 is 4.98 Å². The van der Waals surface area contributed by atoms with Gasteiger partial charge in [0.2, 0.25) is 0 Å². The molecule has 0 aliphatic rings. The third-order valence-corrected chi connectivity index (χ3v) is 3.25. The minimum Gasteiger partial charge on any atom is -0.355 e. The smallest absolute Gasteiger partial charge is 0.355 e. The monoisotopic (exact) mass is 303 g/mol. The zero-order chi connectivity index (χ0) is 15.4. The summed E-state index contributed by atoms with van der Waals surface area (Å²) >= 11 is 0. The van der Waals surface area contributed by atoms with Gasteiger partial charge in [-0.2, -0.15) is 26.3 Å². The van der Waals surface area contributed by atoms with Crippen LogP contribution in [0, 0.1) is 0 Å². The first kappa shape index (κ1) is 13.8. The molecule has 7 heteroatoms. The fourth-order valence-electron chi connectivity index (χ4n) is 2.25. The Morgan fingerprint density at radius 3 is 1.33 bits per heavy atom. The molecule has 110 valence electrons. The van der Waals surface area contributed by atoms with Crippen LogP contribution in [0.3, 0.4) is 0 Å². The standard InChI is InChI=1S/C14H7F6N/c15-13(16,17)7-1-3-11-9(5-7)10-6-8(14(18,19)20)2-4-12(10)21-11/h1-6,21H. The van der Waals surface area contributed by atoms with Crippen molar-refractivity contribution in [3.63, 3.8) is 0 Å². The number of hydrogen-bond donors (Lipinski definition) is 1. The maximum atomic E-state index is 12.7. The number of alkyl halides is 6. The molecule has 1 aromatic heterocycles. The van der Waals surface area contributed by atoms with E-state index in [9.17, 15) is 26.3 Å². The summed E-state index contributed by atoms with van der Waals surface area (Å²) in [6.07, 6.45) is -9.08. The molecule has 3 rings (SSSR count). The van der Waals surface area contributed by atoms with Gasteiger partial charge in [0.15, 0.2) is 0 Å². The minimum atomic E-state index is -4.54. The molecule has 0 saturated heterocycles. The maximum Gasteiger partial charge on any atom is 0.416 e. The van der Waals surface area contributed by atoms with Crippen molar-refractivity contribution < 1.29 is 26.3 Å². The number of fused-ring (bicyclic) bond motifs is 3. The molecular weight excluding hydrogens is 296 g/mol. The number of hydrogen-bond acceptors (Lipinski definition) is 0. The number of aromatic nitrogens is 1. The third-order valence-electron chi connectivity index (χ3n) is 3.25. The number of halogens is 6. The van der Waals surface area contributed by atoms with Crippen molar-refractivity contribution in [2.45, 2.75) is 12.4 Å². The summed E-state index contributed by atoms with van der Waals surface area (Å²) in [4.78, 5) is 2.80. The Balaban J connectivity index is 2.31. The van der Waals surface area contributed by atoms with Gasteiger partial charge >= 0.3 is 12.4 Å². The van der Waals surface area contributed by atoms with Crippen molar-refractivity contribution in [1.82, 2.24) is 4.98 Å². The van der Waals surface area contributed by atoms with Gasteiger partial charge in [-0.25, -0.2) is 0 Å². The van der Waals surface area contributed by atoms with E-state index in [2.05, 4.69) is 4.98 Å². The molecule has 21 heavy (non-hydrogen) atoms. The molecule has 0 amide bonds. The van der Waals surface area contributed by atoms with Crippen LogP contribution in [0.25, 0.3) is 21.8 Å². The van der Waals surface area contributed by atoms with Crippen molar-refractivity contribution in [2.75, 3.05) is 0 Å². The SMILES string of the molecule is FC(F)(F)c1ccc2[nH]c3ccc(C(F)(F)F)cc3c2c1. The summed E-state index contributed by atoms with van der Waals surface area (Å²) in [6, 6.07) is 5.92. The van der Waals surface area contributed by atoms with Crippen molar-refractivity contribution in [1.29, 1.82) is 0 Å². The molecule has 2 aromatic carbocycles. The zero-order valence-corrected chi connectivity index (χ0v) is 10.2. The number of nitrogens with one attached hydrogen (secondary N) is 1. The Kier molecular flexibility index (Phi) is 2.73.